The molecule has 0 aliphatic carbocycles. The Hall–Kier alpha value is -1.28. The monoisotopic (exact) mass is 334 g/mol. The van der Waals surface area contributed by atoms with Crippen LogP contribution in [-0.2, 0) is 10.0 Å². The van der Waals surface area contributed by atoms with E-state index in [1.54, 1.807) is 32.0 Å². The molecule has 5 nitrogen and oxygen atoms in total. The molecule has 2 amide bonds. The summed E-state index contributed by atoms with van der Waals surface area (Å²) in [4.78, 5) is 12.1. The van der Waals surface area contributed by atoms with Gasteiger partial charge in [0, 0.05) is 16.2 Å². The van der Waals surface area contributed by atoms with Crippen LogP contribution in [-0.4, -0.2) is 31.5 Å². The van der Waals surface area contributed by atoms with Gasteiger partial charge in [0.2, 0.25) is 10.0 Å². The van der Waals surface area contributed by atoms with Crippen LogP contribution in [0.4, 0.5) is 9.18 Å². The molecule has 0 aromatic heterocycles. The predicted octanol–water partition coefficient (Wildman–Crippen LogP) is 2.35. The van der Waals surface area contributed by atoms with Crippen molar-refractivity contribution in [3.63, 3.8) is 0 Å². The highest BCUT2D eigenvalue weighted by Gasteiger charge is 2.23. The van der Waals surface area contributed by atoms with Gasteiger partial charge in [-0.2, -0.15) is 0 Å². The Morgan fingerprint density at radius 1 is 1.33 bits per heavy atom. The van der Waals surface area contributed by atoms with Crippen molar-refractivity contribution in [2.45, 2.75) is 31.2 Å². The fraction of sp³-hybridized carbons (Fsp3) is 0.462. The third-order valence-corrected chi connectivity index (χ3v) is 5.27. The van der Waals surface area contributed by atoms with Gasteiger partial charge in [0.25, 0.3) is 0 Å². The molecule has 118 valence electrons. The maximum Gasteiger partial charge on any atom is 0.328 e. The SMILES string of the molecule is CCS(=O)(=O)NC(=O)NC(C)(C)CSc1ccccc1F. The van der Waals surface area contributed by atoms with Crippen LogP contribution in [0.15, 0.2) is 29.2 Å². The zero-order valence-electron chi connectivity index (χ0n) is 12.1. The van der Waals surface area contributed by atoms with Crippen molar-refractivity contribution < 1.29 is 17.6 Å². The van der Waals surface area contributed by atoms with E-state index in [9.17, 15) is 17.6 Å². The lowest BCUT2D eigenvalue weighted by atomic mass is 10.1. The molecule has 0 saturated carbocycles. The number of amides is 2. The first-order valence-electron chi connectivity index (χ1n) is 6.35. The highest BCUT2D eigenvalue weighted by atomic mass is 32.2. The number of nitrogens with one attached hydrogen (secondary N) is 2. The number of thioether (sulfide) groups is 1. The van der Waals surface area contributed by atoms with E-state index < -0.39 is 21.6 Å². The molecule has 21 heavy (non-hydrogen) atoms. The first-order valence-corrected chi connectivity index (χ1v) is 8.99. The Bertz CT molecular complexity index is 603. The molecule has 2 N–H and O–H groups in total. The van der Waals surface area contributed by atoms with Gasteiger partial charge in [-0.3, -0.25) is 0 Å². The Balaban J connectivity index is 2.58. The van der Waals surface area contributed by atoms with Crippen LogP contribution in [0, 0.1) is 5.82 Å². The molecule has 0 aliphatic rings. The standard InChI is InChI=1S/C13H19FN2O3S2/c1-4-21(18,19)16-12(17)15-13(2,3)9-20-11-8-6-5-7-10(11)14/h5-8H,4,9H2,1-3H3,(H2,15,16,17). The summed E-state index contributed by atoms with van der Waals surface area (Å²) < 4.78 is 38.0. The van der Waals surface area contributed by atoms with Gasteiger partial charge in [0.15, 0.2) is 0 Å². The number of halogens is 1. The molecule has 0 heterocycles. The molecule has 0 radical (unpaired) electrons. The number of rotatable bonds is 6. The maximum absolute atomic E-state index is 13.5. The normalized spacial score (nSPS) is 12.0. The van der Waals surface area contributed by atoms with Gasteiger partial charge in [-0.25, -0.2) is 22.3 Å². The number of hydrogen-bond donors (Lipinski definition) is 2. The maximum atomic E-state index is 13.5. The second kappa shape index (κ2) is 7.13. The van der Waals surface area contributed by atoms with E-state index >= 15 is 0 Å². The third-order valence-electron chi connectivity index (χ3n) is 2.51. The molecule has 0 atom stereocenters. The lowest BCUT2D eigenvalue weighted by Crippen LogP contribution is -2.51. The Morgan fingerprint density at radius 3 is 2.52 bits per heavy atom. The molecule has 0 aliphatic heterocycles. The van der Waals surface area contributed by atoms with Gasteiger partial charge in [-0.1, -0.05) is 12.1 Å². The van der Waals surface area contributed by atoms with Crippen LogP contribution in [0.25, 0.3) is 0 Å². The first-order chi connectivity index (χ1) is 9.65. The van der Waals surface area contributed by atoms with Crippen molar-refractivity contribution in [3.05, 3.63) is 30.1 Å². The Kier molecular flexibility index (Phi) is 6.03. The first kappa shape index (κ1) is 17.8. The van der Waals surface area contributed by atoms with E-state index in [2.05, 4.69) is 5.32 Å². The number of benzene rings is 1. The second-order valence-electron chi connectivity index (χ2n) is 5.06. The molecule has 0 spiro atoms. The van der Waals surface area contributed by atoms with E-state index in [1.807, 2.05) is 4.72 Å². The van der Waals surface area contributed by atoms with Crippen LogP contribution in [0.2, 0.25) is 0 Å². The summed E-state index contributed by atoms with van der Waals surface area (Å²) in [6.45, 7) is 4.91. The average molecular weight is 334 g/mol. The van der Waals surface area contributed by atoms with Gasteiger partial charge in [-0.05, 0) is 32.9 Å². The van der Waals surface area contributed by atoms with E-state index in [4.69, 9.17) is 0 Å². The van der Waals surface area contributed by atoms with E-state index in [0.29, 0.717) is 10.6 Å². The summed E-state index contributed by atoms with van der Waals surface area (Å²) in [5.41, 5.74) is -0.694. The Labute approximate surface area is 128 Å². The Morgan fingerprint density at radius 2 is 1.95 bits per heavy atom. The van der Waals surface area contributed by atoms with E-state index in [1.165, 1.54) is 24.8 Å². The van der Waals surface area contributed by atoms with Gasteiger partial charge in [0.05, 0.1) is 5.75 Å². The van der Waals surface area contributed by atoms with E-state index in [-0.39, 0.29) is 11.6 Å². The number of sulfonamides is 1. The molecule has 1 aromatic rings. The highest BCUT2D eigenvalue weighted by Crippen LogP contribution is 2.24. The average Bonchev–Trinajstić information content (AvgIpc) is 2.36. The summed E-state index contributed by atoms with van der Waals surface area (Å²) in [6.07, 6.45) is 0. The van der Waals surface area contributed by atoms with Crippen LogP contribution in [0.5, 0.6) is 0 Å². The molecular formula is C13H19FN2O3S2. The third kappa shape index (κ3) is 6.34. The van der Waals surface area contributed by atoms with Crippen molar-refractivity contribution in [2.24, 2.45) is 0 Å². The number of hydrogen-bond acceptors (Lipinski definition) is 4. The molecule has 0 fully saturated rings. The fourth-order valence-electron chi connectivity index (χ4n) is 1.40. The molecule has 1 aromatic carbocycles. The number of urea groups is 1. The largest absolute Gasteiger partial charge is 0.332 e. The summed E-state index contributed by atoms with van der Waals surface area (Å²) in [5.74, 6) is -0.102. The van der Waals surface area contributed by atoms with Crippen molar-refractivity contribution in [1.29, 1.82) is 0 Å². The minimum Gasteiger partial charge on any atom is -0.332 e. The molecule has 8 heteroatoms. The smallest absolute Gasteiger partial charge is 0.328 e. The summed E-state index contributed by atoms with van der Waals surface area (Å²) >= 11 is 1.25. The van der Waals surface area contributed by atoms with Gasteiger partial charge in [-0.15, -0.1) is 11.8 Å². The minimum absolute atomic E-state index is 0.176. The molecule has 0 unspecified atom stereocenters. The van der Waals surface area contributed by atoms with Crippen LogP contribution in [0.1, 0.15) is 20.8 Å². The zero-order valence-corrected chi connectivity index (χ0v) is 13.8. The lowest BCUT2D eigenvalue weighted by molar-refractivity contribution is 0.237. The predicted molar refractivity (Wildman–Crippen MR) is 82.3 cm³/mol. The quantitative estimate of drug-likeness (QED) is 0.783. The molecule has 0 saturated heterocycles. The highest BCUT2D eigenvalue weighted by molar-refractivity contribution is 7.99. The summed E-state index contributed by atoms with van der Waals surface area (Å²) in [7, 11) is -3.59. The van der Waals surface area contributed by atoms with Crippen molar-refractivity contribution in [1.82, 2.24) is 10.0 Å². The fourth-order valence-corrected chi connectivity index (χ4v) is 2.85. The number of carbonyl (C=O) groups excluding carboxylic acids is 1. The molecule has 1 rings (SSSR count). The van der Waals surface area contributed by atoms with Crippen LogP contribution >= 0.6 is 11.8 Å². The van der Waals surface area contributed by atoms with Crippen molar-refractivity contribution in [2.75, 3.05) is 11.5 Å². The summed E-state index contributed by atoms with van der Waals surface area (Å²) in [6, 6.07) is 5.56. The van der Waals surface area contributed by atoms with Crippen molar-refractivity contribution in [3.8, 4) is 0 Å². The summed E-state index contributed by atoms with van der Waals surface area (Å²) in [5, 5.41) is 2.56. The number of carbonyl (C=O) groups is 1. The van der Waals surface area contributed by atoms with Gasteiger partial charge >= 0.3 is 6.03 Å². The topological polar surface area (TPSA) is 75.3 Å². The van der Waals surface area contributed by atoms with Crippen molar-refractivity contribution >= 4 is 27.8 Å². The molecular weight excluding hydrogens is 315 g/mol. The molecule has 0 bridgehead atoms. The lowest BCUT2D eigenvalue weighted by Gasteiger charge is -2.25. The van der Waals surface area contributed by atoms with Gasteiger partial charge in [0.1, 0.15) is 5.82 Å². The minimum atomic E-state index is -3.59. The van der Waals surface area contributed by atoms with E-state index in [0.717, 1.165) is 0 Å². The van der Waals surface area contributed by atoms with Gasteiger partial charge < -0.3 is 5.32 Å². The second-order valence-corrected chi connectivity index (χ2v) is 8.09. The van der Waals surface area contributed by atoms with Crippen LogP contribution in [0.3, 0.4) is 0 Å². The zero-order chi connectivity index (χ0) is 16.1. The van der Waals surface area contributed by atoms with Crippen LogP contribution < -0.4 is 10.0 Å².